The van der Waals surface area contributed by atoms with Crippen molar-refractivity contribution in [1.29, 1.82) is 0 Å². The molecule has 0 spiro atoms. The summed E-state index contributed by atoms with van der Waals surface area (Å²) in [4.78, 5) is 3.03. The van der Waals surface area contributed by atoms with E-state index in [2.05, 4.69) is 16.4 Å². The number of aromatic nitrogens is 1. The van der Waals surface area contributed by atoms with Gasteiger partial charge in [-0.05, 0) is 37.6 Å². The van der Waals surface area contributed by atoms with Crippen LogP contribution in [0.2, 0.25) is 0 Å². The molecule has 0 aliphatic rings. The summed E-state index contributed by atoms with van der Waals surface area (Å²) in [5.74, 6) is 0.747. The Morgan fingerprint density at radius 3 is 3.00 bits per heavy atom. The number of hydrogen-bond acceptors (Lipinski definition) is 1. The third-order valence-corrected chi connectivity index (χ3v) is 2.01. The van der Waals surface area contributed by atoms with Gasteiger partial charge in [-0.2, -0.15) is 0 Å². The fraction of sp³-hybridized carbons (Fsp3) is 0.556. The Morgan fingerprint density at radius 1 is 1.42 bits per heavy atom. The lowest BCUT2D eigenvalue weighted by atomic mass is 10.2. The van der Waals surface area contributed by atoms with Gasteiger partial charge in [0.25, 0.3) is 0 Å². The second-order valence-corrected chi connectivity index (χ2v) is 3.14. The molecule has 12 heavy (non-hydrogen) atoms. The zero-order valence-electron chi connectivity index (χ0n) is 7.15. The van der Waals surface area contributed by atoms with Gasteiger partial charge in [-0.15, -0.1) is 11.6 Å². The van der Waals surface area contributed by atoms with Crippen molar-refractivity contribution < 1.29 is 0 Å². The van der Waals surface area contributed by atoms with Crippen molar-refractivity contribution in [3.63, 3.8) is 0 Å². The van der Waals surface area contributed by atoms with Gasteiger partial charge in [-0.1, -0.05) is 0 Å². The third-order valence-electron chi connectivity index (χ3n) is 1.74. The van der Waals surface area contributed by atoms with Crippen LogP contribution >= 0.6 is 11.6 Å². The van der Waals surface area contributed by atoms with Gasteiger partial charge in [-0.25, -0.2) is 0 Å². The highest BCUT2D eigenvalue weighted by molar-refractivity contribution is 6.17. The van der Waals surface area contributed by atoms with E-state index < -0.39 is 0 Å². The van der Waals surface area contributed by atoms with E-state index in [-0.39, 0.29) is 0 Å². The maximum absolute atomic E-state index is 5.54. The molecule has 0 unspecified atom stereocenters. The van der Waals surface area contributed by atoms with Gasteiger partial charge >= 0.3 is 0 Å². The first kappa shape index (κ1) is 9.62. The van der Waals surface area contributed by atoms with Crippen molar-refractivity contribution in [2.45, 2.75) is 12.8 Å². The van der Waals surface area contributed by atoms with E-state index >= 15 is 0 Å². The van der Waals surface area contributed by atoms with Crippen LogP contribution in [0.25, 0.3) is 0 Å². The van der Waals surface area contributed by atoms with E-state index in [1.54, 1.807) is 0 Å². The minimum Gasteiger partial charge on any atom is -0.367 e. The van der Waals surface area contributed by atoms with Gasteiger partial charge in [0, 0.05) is 18.3 Å². The highest BCUT2D eigenvalue weighted by atomic mass is 35.5. The van der Waals surface area contributed by atoms with Crippen LogP contribution in [0.15, 0.2) is 18.5 Å². The molecule has 1 rings (SSSR count). The van der Waals surface area contributed by atoms with Gasteiger partial charge in [0.05, 0.1) is 0 Å². The predicted molar refractivity (Wildman–Crippen MR) is 52.7 cm³/mol. The molecule has 0 saturated heterocycles. The van der Waals surface area contributed by atoms with E-state index in [0.29, 0.717) is 0 Å². The number of alkyl halides is 1. The highest BCUT2D eigenvalue weighted by Crippen LogP contribution is 1.95. The topological polar surface area (TPSA) is 27.8 Å². The fourth-order valence-electron chi connectivity index (χ4n) is 1.06. The maximum atomic E-state index is 5.54. The third kappa shape index (κ3) is 3.79. The van der Waals surface area contributed by atoms with E-state index in [4.69, 9.17) is 11.6 Å². The first-order valence-electron chi connectivity index (χ1n) is 4.32. The first-order chi connectivity index (χ1) is 5.93. The van der Waals surface area contributed by atoms with Crippen LogP contribution in [-0.4, -0.2) is 24.0 Å². The Balaban J connectivity index is 1.96. The van der Waals surface area contributed by atoms with E-state index in [0.717, 1.165) is 31.8 Å². The summed E-state index contributed by atoms with van der Waals surface area (Å²) >= 11 is 5.54. The molecule has 0 amide bonds. The molecule has 68 valence electrons. The first-order valence-corrected chi connectivity index (χ1v) is 4.85. The highest BCUT2D eigenvalue weighted by Gasteiger charge is 1.91. The Morgan fingerprint density at radius 2 is 2.33 bits per heavy atom. The van der Waals surface area contributed by atoms with Gasteiger partial charge in [-0.3, -0.25) is 0 Å². The fourth-order valence-corrected chi connectivity index (χ4v) is 1.20. The summed E-state index contributed by atoms with van der Waals surface area (Å²) < 4.78 is 0. The molecule has 0 aromatic carbocycles. The lowest BCUT2D eigenvalue weighted by Crippen LogP contribution is -2.18. The predicted octanol–water partition coefficient (Wildman–Crippen LogP) is 1.78. The Labute approximate surface area is 78.3 Å². The minimum atomic E-state index is 0.747. The van der Waals surface area contributed by atoms with Gasteiger partial charge < -0.3 is 10.3 Å². The van der Waals surface area contributed by atoms with E-state index in [1.807, 2.05) is 12.4 Å². The molecule has 2 nitrogen and oxygen atoms in total. The van der Waals surface area contributed by atoms with Gasteiger partial charge in [0.15, 0.2) is 0 Å². The van der Waals surface area contributed by atoms with Crippen LogP contribution in [0, 0.1) is 0 Å². The molecule has 0 atom stereocenters. The van der Waals surface area contributed by atoms with Crippen molar-refractivity contribution >= 4 is 11.6 Å². The second-order valence-electron chi connectivity index (χ2n) is 2.76. The van der Waals surface area contributed by atoms with Crippen molar-refractivity contribution in [2.75, 3.05) is 19.0 Å². The molecule has 1 aromatic heterocycles. The van der Waals surface area contributed by atoms with Crippen LogP contribution in [0.5, 0.6) is 0 Å². The van der Waals surface area contributed by atoms with E-state index in [1.165, 1.54) is 5.56 Å². The molecule has 0 fully saturated rings. The number of aromatic amines is 1. The van der Waals surface area contributed by atoms with Crippen LogP contribution in [0.4, 0.5) is 0 Å². The summed E-state index contributed by atoms with van der Waals surface area (Å²) in [6.07, 6.45) is 6.12. The summed E-state index contributed by atoms with van der Waals surface area (Å²) in [5.41, 5.74) is 1.35. The van der Waals surface area contributed by atoms with Crippen LogP contribution < -0.4 is 5.32 Å². The molecule has 0 radical (unpaired) electrons. The second kappa shape index (κ2) is 6.09. The number of rotatable bonds is 6. The summed E-state index contributed by atoms with van der Waals surface area (Å²) in [6, 6.07) is 2.10. The number of halogens is 1. The standard InChI is InChI=1S/C9H15ClN2/c10-4-1-5-11-6-2-9-3-7-12-8-9/h3,7-8,11-12H,1-2,4-6H2. The van der Waals surface area contributed by atoms with Crippen LogP contribution in [0.3, 0.4) is 0 Å². The number of H-pyrrole nitrogens is 1. The summed E-state index contributed by atoms with van der Waals surface area (Å²) in [7, 11) is 0. The average Bonchev–Trinajstić information content (AvgIpc) is 2.57. The Kier molecular flexibility index (Phi) is 4.88. The molecule has 1 heterocycles. The molecule has 0 aliphatic heterocycles. The lowest BCUT2D eigenvalue weighted by Gasteiger charge is -2.00. The van der Waals surface area contributed by atoms with Gasteiger partial charge in [0.1, 0.15) is 0 Å². The molecule has 2 N–H and O–H groups in total. The summed E-state index contributed by atoms with van der Waals surface area (Å²) in [6.45, 7) is 2.06. The largest absolute Gasteiger partial charge is 0.367 e. The maximum Gasteiger partial charge on any atom is 0.0235 e. The van der Waals surface area contributed by atoms with Crippen molar-refractivity contribution in [1.82, 2.24) is 10.3 Å². The number of nitrogens with one attached hydrogen (secondary N) is 2. The molecular formula is C9H15ClN2. The smallest absolute Gasteiger partial charge is 0.0235 e. The van der Waals surface area contributed by atoms with E-state index in [9.17, 15) is 0 Å². The molecular weight excluding hydrogens is 172 g/mol. The Bertz CT molecular complexity index is 184. The molecule has 0 aliphatic carbocycles. The zero-order valence-corrected chi connectivity index (χ0v) is 7.90. The van der Waals surface area contributed by atoms with Crippen LogP contribution in [0.1, 0.15) is 12.0 Å². The Hall–Kier alpha value is -0.470. The van der Waals surface area contributed by atoms with Crippen LogP contribution in [-0.2, 0) is 6.42 Å². The summed E-state index contributed by atoms with van der Waals surface area (Å²) in [5, 5.41) is 3.33. The molecule has 1 aromatic rings. The molecule has 0 saturated carbocycles. The minimum absolute atomic E-state index is 0.747. The number of hydrogen-bond donors (Lipinski definition) is 2. The van der Waals surface area contributed by atoms with Crippen molar-refractivity contribution in [3.8, 4) is 0 Å². The molecule has 3 heteroatoms. The molecule has 0 bridgehead atoms. The SMILES string of the molecule is ClCCCNCCc1cc[nH]c1. The van der Waals surface area contributed by atoms with Gasteiger partial charge in [0.2, 0.25) is 0 Å². The normalized spacial score (nSPS) is 10.4. The lowest BCUT2D eigenvalue weighted by molar-refractivity contribution is 0.673. The monoisotopic (exact) mass is 186 g/mol. The average molecular weight is 187 g/mol. The zero-order chi connectivity index (χ0) is 8.65. The quantitative estimate of drug-likeness (QED) is 0.515. The van der Waals surface area contributed by atoms with Crippen molar-refractivity contribution in [2.24, 2.45) is 0 Å². The van der Waals surface area contributed by atoms with Crippen molar-refractivity contribution in [3.05, 3.63) is 24.0 Å².